The molecule has 0 unspecified atom stereocenters. The molecule has 1 N–H and O–H groups in total. The number of ether oxygens (including phenoxy) is 1. The van der Waals surface area contributed by atoms with Crippen LogP contribution < -0.4 is 10.1 Å². The van der Waals surface area contributed by atoms with Crippen molar-refractivity contribution in [3.63, 3.8) is 0 Å². The zero-order chi connectivity index (χ0) is 26.8. The molecule has 1 aliphatic heterocycles. The summed E-state index contributed by atoms with van der Waals surface area (Å²) in [6.07, 6.45) is 7.52. The summed E-state index contributed by atoms with van der Waals surface area (Å²) in [4.78, 5) is 33.1. The molecule has 2 aromatic carbocycles. The van der Waals surface area contributed by atoms with Crippen LogP contribution >= 0.6 is 0 Å². The molecule has 7 nitrogen and oxygen atoms in total. The standard InChI is InChI=1S/C31H42N4O3/c1-33(2)31(26-13-5-4-6-14-26)18-16-30(17-19-31)23-34(29(37)35(30)21-24-10-9-11-24)22-28(36)32-20-25-12-7-8-15-27(25)38-3/h4-8,12-15,24H,9-11,16-23H2,1-3H3,(H,32,36)/t30-,31+. The van der Waals surface area contributed by atoms with Crippen molar-refractivity contribution >= 4 is 11.9 Å². The Morgan fingerprint density at radius 3 is 2.34 bits per heavy atom. The summed E-state index contributed by atoms with van der Waals surface area (Å²) < 4.78 is 5.41. The van der Waals surface area contributed by atoms with E-state index in [-0.39, 0.29) is 29.6 Å². The van der Waals surface area contributed by atoms with Gasteiger partial charge in [0.05, 0.1) is 12.6 Å². The molecule has 2 aliphatic carbocycles. The second kappa shape index (κ2) is 11.0. The number of benzene rings is 2. The molecule has 3 aliphatic rings. The number of carbonyl (C=O) groups excluding carboxylic acids is 2. The van der Waals surface area contributed by atoms with Crippen molar-refractivity contribution in [1.82, 2.24) is 20.0 Å². The van der Waals surface area contributed by atoms with Gasteiger partial charge in [-0.2, -0.15) is 0 Å². The van der Waals surface area contributed by atoms with Crippen LogP contribution in [-0.4, -0.2) is 73.0 Å². The molecular weight excluding hydrogens is 476 g/mol. The molecule has 3 fully saturated rings. The van der Waals surface area contributed by atoms with Gasteiger partial charge in [0.25, 0.3) is 0 Å². The number of urea groups is 1. The van der Waals surface area contributed by atoms with Gasteiger partial charge in [0.1, 0.15) is 12.3 Å². The first-order chi connectivity index (χ1) is 18.4. The highest BCUT2D eigenvalue weighted by molar-refractivity contribution is 5.86. The van der Waals surface area contributed by atoms with Crippen LogP contribution in [-0.2, 0) is 16.9 Å². The lowest BCUT2D eigenvalue weighted by molar-refractivity contribution is -0.121. The minimum atomic E-state index is -0.204. The van der Waals surface area contributed by atoms with E-state index < -0.39 is 0 Å². The van der Waals surface area contributed by atoms with Crippen LogP contribution in [0.2, 0.25) is 0 Å². The summed E-state index contributed by atoms with van der Waals surface area (Å²) in [5, 5.41) is 3.00. The van der Waals surface area contributed by atoms with E-state index >= 15 is 0 Å². The van der Waals surface area contributed by atoms with Crippen LogP contribution in [0.15, 0.2) is 54.6 Å². The highest BCUT2D eigenvalue weighted by Crippen LogP contribution is 2.49. The molecular formula is C31H42N4O3. The summed E-state index contributed by atoms with van der Waals surface area (Å²) in [7, 11) is 5.98. The predicted molar refractivity (Wildman–Crippen MR) is 149 cm³/mol. The van der Waals surface area contributed by atoms with Gasteiger partial charge in [-0.25, -0.2) is 4.79 Å². The fourth-order valence-corrected chi connectivity index (χ4v) is 6.78. The Morgan fingerprint density at radius 2 is 1.71 bits per heavy atom. The highest BCUT2D eigenvalue weighted by atomic mass is 16.5. The Kier molecular flexibility index (Phi) is 7.66. The number of rotatable bonds is 9. The zero-order valence-corrected chi connectivity index (χ0v) is 23.1. The molecule has 0 aromatic heterocycles. The minimum Gasteiger partial charge on any atom is -0.496 e. The molecule has 0 radical (unpaired) electrons. The summed E-state index contributed by atoms with van der Waals surface area (Å²) in [6.45, 7) is 1.91. The topological polar surface area (TPSA) is 65.1 Å². The quantitative estimate of drug-likeness (QED) is 0.526. The number of carbonyl (C=O) groups is 2. The lowest BCUT2D eigenvalue weighted by atomic mass is 9.68. The molecule has 5 rings (SSSR count). The van der Waals surface area contributed by atoms with Crippen molar-refractivity contribution in [2.75, 3.05) is 40.8 Å². The number of hydrogen-bond donors (Lipinski definition) is 1. The van der Waals surface area contributed by atoms with Crippen molar-refractivity contribution < 1.29 is 14.3 Å². The summed E-state index contributed by atoms with van der Waals surface area (Å²) in [6, 6.07) is 18.5. The maximum absolute atomic E-state index is 13.8. The second-order valence-corrected chi connectivity index (χ2v) is 11.7. The van der Waals surface area contributed by atoms with Crippen molar-refractivity contribution in [2.24, 2.45) is 5.92 Å². The monoisotopic (exact) mass is 518 g/mol. The van der Waals surface area contributed by atoms with Gasteiger partial charge in [-0.1, -0.05) is 55.0 Å². The van der Waals surface area contributed by atoms with E-state index in [2.05, 4.69) is 59.5 Å². The molecule has 1 saturated heterocycles. The molecule has 2 saturated carbocycles. The van der Waals surface area contributed by atoms with Crippen LogP contribution in [0.3, 0.4) is 0 Å². The highest BCUT2D eigenvalue weighted by Gasteiger charge is 2.55. The molecule has 3 amide bonds. The minimum absolute atomic E-state index is 0.0291. The normalized spacial score (nSPS) is 25.6. The fraction of sp³-hybridized carbons (Fsp3) is 0.548. The number of methoxy groups -OCH3 is 1. The molecule has 204 valence electrons. The van der Waals surface area contributed by atoms with Crippen LogP contribution in [0.5, 0.6) is 5.75 Å². The Balaban J connectivity index is 1.30. The third-order valence-corrected chi connectivity index (χ3v) is 9.40. The Bertz CT molecular complexity index is 1120. The first-order valence-corrected chi connectivity index (χ1v) is 14.0. The Hall–Kier alpha value is -3.06. The first kappa shape index (κ1) is 26.5. The molecule has 7 heteroatoms. The predicted octanol–water partition coefficient (Wildman–Crippen LogP) is 4.62. The van der Waals surface area contributed by atoms with E-state index in [9.17, 15) is 9.59 Å². The van der Waals surface area contributed by atoms with Gasteiger partial charge in [0.2, 0.25) is 5.91 Å². The maximum Gasteiger partial charge on any atom is 0.321 e. The van der Waals surface area contributed by atoms with Crippen LogP contribution in [0.4, 0.5) is 4.79 Å². The molecule has 2 aromatic rings. The van der Waals surface area contributed by atoms with Crippen molar-refractivity contribution in [1.29, 1.82) is 0 Å². The molecule has 1 heterocycles. The summed E-state index contributed by atoms with van der Waals surface area (Å²) in [5.41, 5.74) is 2.04. The summed E-state index contributed by atoms with van der Waals surface area (Å²) >= 11 is 0. The van der Waals surface area contributed by atoms with Crippen molar-refractivity contribution in [2.45, 2.75) is 62.6 Å². The van der Waals surface area contributed by atoms with E-state index in [0.717, 1.165) is 43.5 Å². The van der Waals surface area contributed by atoms with E-state index in [0.29, 0.717) is 19.0 Å². The Morgan fingerprint density at radius 1 is 1.03 bits per heavy atom. The molecule has 0 bridgehead atoms. The van der Waals surface area contributed by atoms with Crippen molar-refractivity contribution in [3.8, 4) is 5.75 Å². The van der Waals surface area contributed by atoms with Gasteiger partial charge < -0.3 is 19.9 Å². The molecule has 0 atom stereocenters. The van der Waals surface area contributed by atoms with E-state index in [1.807, 2.05) is 24.3 Å². The number of nitrogens with one attached hydrogen (secondary N) is 1. The number of amides is 3. The third-order valence-electron chi connectivity index (χ3n) is 9.40. The van der Waals surface area contributed by atoms with E-state index in [1.165, 1.54) is 24.8 Å². The van der Waals surface area contributed by atoms with Gasteiger partial charge in [0, 0.05) is 30.7 Å². The SMILES string of the molecule is COc1ccccc1CNC(=O)CN1C[C@]2(CC[C@](c3ccccc3)(N(C)C)CC2)N(CC2CCC2)C1=O. The number of nitrogens with zero attached hydrogens (tertiary/aromatic N) is 3. The smallest absolute Gasteiger partial charge is 0.321 e. The van der Waals surface area contributed by atoms with Crippen molar-refractivity contribution in [3.05, 3.63) is 65.7 Å². The van der Waals surface area contributed by atoms with Gasteiger partial charge in [-0.05, 0) is 70.2 Å². The summed E-state index contributed by atoms with van der Waals surface area (Å²) in [5.74, 6) is 1.21. The van der Waals surface area contributed by atoms with Gasteiger partial charge >= 0.3 is 6.03 Å². The van der Waals surface area contributed by atoms with Crippen LogP contribution in [0.1, 0.15) is 56.1 Å². The molecule has 38 heavy (non-hydrogen) atoms. The second-order valence-electron chi connectivity index (χ2n) is 11.7. The maximum atomic E-state index is 13.8. The third kappa shape index (κ3) is 5.00. The van der Waals surface area contributed by atoms with E-state index in [1.54, 1.807) is 12.0 Å². The first-order valence-electron chi connectivity index (χ1n) is 14.0. The zero-order valence-electron chi connectivity index (χ0n) is 23.1. The van der Waals surface area contributed by atoms with E-state index in [4.69, 9.17) is 4.74 Å². The average Bonchev–Trinajstić information content (AvgIpc) is 3.15. The fourth-order valence-electron chi connectivity index (χ4n) is 6.78. The van der Waals surface area contributed by atoms with Gasteiger partial charge in [0.15, 0.2) is 0 Å². The number of para-hydroxylation sites is 1. The lowest BCUT2D eigenvalue weighted by Gasteiger charge is -2.51. The Labute approximate surface area is 227 Å². The van der Waals surface area contributed by atoms with Crippen LogP contribution in [0, 0.1) is 5.92 Å². The van der Waals surface area contributed by atoms with Gasteiger partial charge in [-0.15, -0.1) is 0 Å². The number of hydrogen-bond acceptors (Lipinski definition) is 4. The van der Waals surface area contributed by atoms with Crippen LogP contribution in [0.25, 0.3) is 0 Å². The average molecular weight is 519 g/mol. The van der Waals surface area contributed by atoms with Gasteiger partial charge in [-0.3, -0.25) is 9.69 Å². The molecule has 1 spiro atoms. The largest absolute Gasteiger partial charge is 0.496 e. The lowest BCUT2D eigenvalue weighted by Crippen LogP contribution is -2.56.